The van der Waals surface area contributed by atoms with Crippen molar-refractivity contribution in [2.75, 3.05) is 13.1 Å². The van der Waals surface area contributed by atoms with Crippen molar-refractivity contribution in [2.24, 2.45) is 5.92 Å². The zero-order valence-corrected chi connectivity index (χ0v) is 13.0. The number of aryl methyl sites for hydroxylation is 1. The Labute approximate surface area is 133 Å². The van der Waals surface area contributed by atoms with Crippen LogP contribution in [0.4, 0.5) is 0 Å². The van der Waals surface area contributed by atoms with Crippen LogP contribution < -0.4 is 5.56 Å². The number of benzene rings is 1. The van der Waals surface area contributed by atoms with Crippen molar-refractivity contribution in [2.45, 2.75) is 13.5 Å². The lowest BCUT2D eigenvalue weighted by Crippen LogP contribution is -2.52. The summed E-state index contributed by atoms with van der Waals surface area (Å²) in [6, 6.07) is 10.1. The number of nitrogens with zero attached hydrogens (tertiary/aromatic N) is 3. The summed E-state index contributed by atoms with van der Waals surface area (Å²) in [6.07, 6.45) is 0. The first-order valence-corrected chi connectivity index (χ1v) is 7.50. The van der Waals surface area contributed by atoms with E-state index in [4.69, 9.17) is 11.6 Å². The molecule has 2 heterocycles. The first-order valence-electron chi connectivity index (χ1n) is 7.12. The van der Waals surface area contributed by atoms with E-state index in [0.717, 1.165) is 5.69 Å². The van der Waals surface area contributed by atoms with Gasteiger partial charge in [0, 0.05) is 35.7 Å². The molecule has 6 heteroatoms. The highest BCUT2D eigenvalue weighted by Gasteiger charge is 2.31. The predicted octanol–water partition coefficient (Wildman–Crippen LogP) is 1.98. The lowest BCUT2D eigenvalue weighted by atomic mass is 9.99. The van der Waals surface area contributed by atoms with Gasteiger partial charge in [0.05, 0.1) is 12.2 Å². The zero-order valence-electron chi connectivity index (χ0n) is 12.2. The van der Waals surface area contributed by atoms with Crippen LogP contribution in [0.15, 0.2) is 41.2 Å². The third-order valence-electron chi connectivity index (χ3n) is 3.77. The van der Waals surface area contributed by atoms with Crippen molar-refractivity contribution in [3.63, 3.8) is 0 Å². The van der Waals surface area contributed by atoms with Crippen LogP contribution in [0.5, 0.6) is 0 Å². The Kier molecular flexibility index (Phi) is 3.98. The summed E-state index contributed by atoms with van der Waals surface area (Å²) in [6.45, 7) is 3.69. The summed E-state index contributed by atoms with van der Waals surface area (Å²) in [4.78, 5) is 25.8. The summed E-state index contributed by atoms with van der Waals surface area (Å²) >= 11 is 5.82. The third kappa shape index (κ3) is 3.04. The Morgan fingerprint density at radius 1 is 1.23 bits per heavy atom. The van der Waals surface area contributed by atoms with Crippen LogP contribution in [-0.4, -0.2) is 33.7 Å². The molecule has 1 aromatic heterocycles. The van der Waals surface area contributed by atoms with Gasteiger partial charge in [-0.05, 0) is 37.3 Å². The van der Waals surface area contributed by atoms with Gasteiger partial charge in [-0.25, -0.2) is 4.68 Å². The van der Waals surface area contributed by atoms with Crippen LogP contribution in [0.25, 0.3) is 0 Å². The predicted molar refractivity (Wildman–Crippen MR) is 84.1 cm³/mol. The molecule has 22 heavy (non-hydrogen) atoms. The molecule has 0 aliphatic carbocycles. The van der Waals surface area contributed by atoms with E-state index in [1.165, 1.54) is 10.7 Å². The Morgan fingerprint density at radius 3 is 2.59 bits per heavy atom. The van der Waals surface area contributed by atoms with Crippen molar-refractivity contribution in [3.05, 3.63) is 63.0 Å². The molecule has 0 radical (unpaired) electrons. The topological polar surface area (TPSA) is 55.2 Å². The van der Waals surface area contributed by atoms with E-state index in [1.807, 2.05) is 6.92 Å². The van der Waals surface area contributed by atoms with E-state index in [0.29, 0.717) is 30.2 Å². The molecule has 1 aliphatic heterocycles. The quantitative estimate of drug-likeness (QED) is 0.870. The highest BCUT2D eigenvalue weighted by atomic mass is 35.5. The number of carbonyl (C=O) groups is 1. The monoisotopic (exact) mass is 317 g/mol. The maximum Gasteiger partial charge on any atom is 0.266 e. The van der Waals surface area contributed by atoms with Gasteiger partial charge in [0.2, 0.25) is 0 Å². The summed E-state index contributed by atoms with van der Waals surface area (Å²) in [5.41, 5.74) is 1.34. The van der Waals surface area contributed by atoms with E-state index >= 15 is 0 Å². The number of aromatic nitrogens is 2. The summed E-state index contributed by atoms with van der Waals surface area (Å²) in [7, 11) is 0. The molecular formula is C16H16ClN3O2. The molecule has 0 N–H and O–H groups in total. The van der Waals surface area contributed by atoms with Gasteiger partial charge in [0.1, 0.15) is 0 Å². The summed E-state index contributed by atoms with van der Waals surface area (Å²) in [5.74, 6) is 0.265. The van der Waals surface area contributed by atoms with Gasteiger partial charge in [0.25, 0.3) is 11.5 Å². The van der Waals surface area contributed by atoms with Gasteiger partial charge in [-0.1, -0.05) is 11.6 Å². The Morgan fingerprint density at radius 2 is 1.91 bits per heavy atom. The Balaban J connectivity index is 1.60. The molecule has 5 nitrogen and oxygen atoms in total. The normalized spacial score (nSPS) is 14.7. The number of amides is 1. The van der Waals surface area contributed by atoms with E-state index in [2.05, 4.69) is 5.10 Å². The second kappa shape index (κ2) is 5.93. The average Bonchev–Trinajstić information content (AvgIpc) is 2.46. The van der Waals surface area contributed by atoms with Gasteiger partial charge in [-0.3, -0.25) is 9.59 Å². The SMILES string of the molecule is Cc1ccc(=O)n(CC2CN(C(=O)c3ccc(Cl)cc3)C2)n1. The molecular weight excluding hydrogens is 302 g/mol. The lowest BCUT2D eigenvalue weighted by molar-refractivity contribution is 0.0458. The second-order valence-electron chi connectivity index (χ2n) is 5.58. The van der Waals surface area contributed by atoms with Crippen LogP contribution in [0.3, 0.4) is 0 Å². The standard InChI is InChI=1S/C16H16ClN3O2/c1-11-2-7-15(21)20(18-11)10-12-8-19(9-12)16(22)13-3-5-14(17)6-4-13/h2-7,12H,8-10H2,1H3. The van der Waals surface area contributed by atoms with Crippen molar-refractivity contribution in [1.29, 1.82) is 0 Å². The smallest absolute Gasteiger partial charge is 0.266 e. The van der Waals surface area contributed by atoms with Crippen LogP contribution in [0, 0.1) is 12.8 Å². The molecule has 3 rings (SSSR count). The number of hydrogen-bond acceptors (Lipinski definition) is 3. The number of rotatable bonds is 3. The first kappa shape index (κ1) is 14.8. The number of likely N-dealkylation sites (tertiary alicyclic amines) is 1. The molecule has 1 amide bonds. The molecule has 1 aliphatic rings. The number of halogens is 1. The second-order valence-corrected chi connectivity index (χ2v) is 6.01. The van der Waals surface area contributed by atoms with Gasteiger partial charge >= 0.3 is 0 Å². The molecule has 1 fully saturated rings. The minimum absolute atomic E-state index is 0.00235. The van der Waals surface area contributed by atoms with Gasteiger partial charge < -0.3 is 4.90 Å². The van der Waals surface area contributed by atoms with Crippen LogP contribution in [0.2, 0.25) is 5.02 Å². The van der Waals surface area contributed by atoms with Gasteiger partial charge in [-0.2, -0.15) is 5.10 Å². The van der Waals surface area contributed by atoms with Gasteiger partial charge in [-0.15, -0.1) is 0 Å². The molecule has 1 aromatic carbocycles. The highest BCUT2D eigenvalue weighted by molar-refractivity contribution is 6.30. The molecule has 0 atom stereocenters. The van der Waals surface area contributed by atoms with E-state index in [9.17, 15) is 9.59 Å². The molecule has 0 unspecified atom stereocenters. The molecule has 0 bridgehead atoms. The fourth-order valence-corrected chi connectivity index (χ4v) is 2.68. The highest BCUT2D eigenvalue weighted by Crippen LogP contribution is 2.20. The van der Waals surface area contributed by atoms with Crippen molar-refractivity contribution < 1.29 is 4.79 Å². The molecule has 1 saturated heterocycles. The van der Waals surface area contributed by atoms with Gasteiger partial charge in [0.15, 0.2) is 0 Å². The van der Waals surface area contributed by atoms with Crippen LogP contribution in [-0.2, 0) is 6.54 Å². The molecule has 0 spiro atoms. The maximum absolute atomic E-state index is 12.3. The fraction of sp³-hybridized carbons (Fsp3) is 0.312. The largest absolute Gasteiger partial charge is 0.338 e. The van der Waals surface area contributed by atoms with E-state index < -0.39 is 0 Å². The van der Waals surface area contributed by atoms with Crippen LogP contribution >= 0.6 is 11.6 Å². The fourth-order valence-electron chi connectivity index (χ4n) is 2.55. The minimum atomic E-state index is -0.104. The Bertz CT molecular complexity index is 749. The first-order chi connectivity index (χ1) is 10.5. The number of carbonyl (C=O) groups excluding carboxylic acids is 1. The zero-order chi connectivity index (χ0) is 15.7. The number of hydrogen-bond donors (Lipinski definition) is 0. The lowest BCUT2D eigenvalue weighted by Gasteiger charge is -2.39. The Hall–Kier alpha value is -2.14. The van der Waals surface area contributed by atoms with Crippen molar-refractivity contribution >= 4 is 17.5 Å². The molecule has 114 valence electrons. The minimum Gasteiger partial charge on any atom is -0.338 e. The summed E-state index contributed by atoms with van der Waals surface area (Å²) in [5, 5.41) is 4.83. The van der Waals surface area contributed by atoms with Crippen LogP contribution in [0.1, 0.15) is 16.1 Å². The van der Waals surface area contributed by atoms with E-state index in [1.54, 1.807) is 35.2 Å². The summed E-state index contributed by atoms with van der Waals surface area (Å²) < 4.78 is 1.48. The third-order valence-corrected chi connectivity index (χ3v) is 4.02. The van der Waals surface area contributed by atoms with E-state index in [-0.39, 0.29) is 17.4 Å². The molecule has 0 saturated carbocycles. The maximum atomic E-state index is 12.3. The average molecular weight is 318 g/mol. The molecule has 2 aromatic rings. The van der Waals surface area contributed by atoms with Crippen molar-refractivity contribution in [3.8, 4) is 0 Å². The van der Waals surface area contributed by atoms with Crippen molar-refractivity contribution in [1.82, 2.24) is 14.7 Å².